The number of nitrogens with two attached hydrogens (primary N) is 1. The Morgan fingerprint density at radius 2 is 2.07 bits per heavy atom. The van der Waals surface area contributed by atoms with Gasteiger partial charge in [-0.3, -0.25) is 10.2 Å². The number of hydrogen-bond donors (Lipinski definition) is 3. The second kappa shape index (κ2) is 9.20. The molecule has 1 aliphatic heterocycles. The molecule has 0 bridgehead atoms. The third-order valence-electron chi connectivity index (χ3n) is 6.04. The zero-order chi connectivity index (χ0) is 20.9. The quantitative estimate of drug-likeness (QED) is 0.554. The standard InChI is InChI=1S/C24H28N2O4/c25-12-18-6-5-17(9-22(18)26-13-16-3-1-2-4-16)14-29-20-7-8-21-19(10-24(27)28)15-30-23(21)11-20/h5-9,11-12,16,19,25-26H,1-4,10,13-15H2,(H,27,28)/p+1. The number of aliphatic carboxylic acids is 1. The maximum Gasteiger partial charge on any atom is 0.304 e. The fourth-order valence-electron chi connectivity index (χ4n) is 4.35. The summed E-state index contributed by atoms with van der Waals surface area (Å²) in [4.78, 5) is 11.0. The van der Waals surface area contributed by atoms with Gasteiger partial charge in [0.2, 0.25) is 0 Å². The summed E-state index contributed by atoms with van der Waals surface area (Å²) in [7, 11) is 0. The van der Waals surface area contributed by atoms with Crippen LogP contribution >= 0.6 is 0 Å². The van der Waals surface area contributed by atoms with Crippen molar-refractivity contribution in [2.75, 3.05) is 18.5 Å². The van der Waals surface area contributed by atoms with Gasteiger partial charge in [-0.05, 0) is 42.5 Å². The average Bonchev–Trinajstić information content (AvgIpc) is 3.40. The van der Waals surface area contributed by atoms with E-state index in [1.807, 2.05) is 30.3 Å². The molecule has 1 unspecified atom stereocenters. The van der Waals surface area contributed by atoms with Gasteiger partial charge in [0, 0.05) is 29.8 Å². The van der Waals surface area contributed by atoms with Gasteiger partial charge in [0.05, 0.1) is 18.6 Å². The van der Waals surface area contributed by atoms with Gasteiger partial charge in [0.15, 0.2) is 6.21 Å². The number of fused-ring (bicyclic) bond motifs is 1. The predicted octanol–water partition coefficient (Wildman–Crippen LogP) is 3.00. The van der Waals surface area contributed by atoms with Crippen molar-refractivity contribution in [3.8, 4) is 11.5 Å². The maximum absolute atomic E-state index is 11.0. The molecular formula is C24H29N2O4+. The van der Waals surface area contributed by atoms with Crippen molar-refractivity contribution in [1.82, 2.24) is 0 Å². The van der Waals surface area contributed by atoms with E-state index < -0.39 is 5.97 Å². The predicted molar refractivity (Wildman–Crippen MR) is 115 cm³/mol. The smallest absolute Gasteiger partial charge is 0.304 e. The van der Waals surface area contributed by atoms with E-state index in [4.69, 9.17) is 20.0 Å². The highest BCUT2D eigenvalue weighted by Crippen LogP contribution is 2.38. The summed E-state index contributed by atoms with van der Waals surface area (Å²) in [6, 6.07) is 11.8. The van der Waals surface area contributed by atoms with E-state index in [1.165, 1.54) is 25.7 Å². The number of carbonyl (C=O) groups is 1. The topological polar surface area (TPSA) is 93.4 Å². The van der Waals surface area contributed by atoms with Gasteiger partial charge in [0.25, 0.3) is 0 Å². The van der Waals surface area contributed by atoms with Gasteiger partial charge in [-0.2, -0.15) is 0 Å². The van der Waals surface area contributed by atoms with Crippen LogP contribution in [0.3, 0.4) is 0 Å². The van der Waals surface area contributed by atoms with E-state index in [0.717, 1.165) is 34.8 Å². The minimum atomic E-state index is -0.813. The lowest BCUT2D eigenvalue weighted by atomic mass is 9.98. The van der Waals surface area contributed by atoms with Gasteiger partial charge in [-0.1, -0.05) is 25.0 Å². The van der Waals surface area contributed by atoms with E-state index in [-0.39, 0.29) is 12.3 Å². The van der Waals surface area contributed by atoms with Gasteiger partial charge in [0.1, 0.15) is 18.1 Å². The van der Waals surface area contributed by atoms with Crippen molar-refractivity contribution in [3.63, 3.8) is 0 Å². The van der Waals surface area contributed by atoms with Crippen LogP contribution in [0, 0.1) is 5.92 Å². The summed E-state index contributed by atoms with van der Waals surface area (Å²) in [6.07, 6.45) is 6.97. The Bertz CT molecular complexity index is 921. The summed E-state index contributed by atoms with van der Waals surface area (Å²) in [5, 5.41) is 18.4. The first-order valence-electron chi connectivity index (χ1n) is 10.7. The van der Waals surface area contributed by atoms with Gasteiger partial charge >= 0.3 is 5.97 Å². The number of ether oxygens (including phenoxy) is 2. The first-order chi connectivity index (χ1) is 14.6. The number of benzene rings is 2. The highest BCUT2D eigenvalue weighted by atomic mass is 16.5. The second-order valence-corrected chi connectivity index (χ2v) is 8.21. The summed E-state index contributed by atoms with van der Waals surface area (Å²) in [6.45, 7) is 1.81. The van der Waals surface area contributed by atoms with E-state index in [2.05, 4.69) is 11.4 Å². The van der Waals surface area contributed by atoms with Crippen LogP contribution in [0.25, 0.3) is 0 Å². The molecule has 1 saturated carbocycles. The van der Waals surface area contributed by atoms with E-state index in [0.29, 0.717) is 24.7 Å². The number of carboxylic acid groups (broad SMARTS) is 1. The summed E-state index contributed by atoms with van der Waals surface area (Å²) >= 11 is 0. The minimum Gasteiger partial charge on any atom is -0.492 e. The molecule has 0 amide bonds. The molecule has 4 N–H and O–H groups in total. The number of rotatable bonds is 9. The third-order valence-corrected chi connectivity index (χ3v) is 6.04. The first kappa shape index (κ1) is 20.3. The molecule has 1 atom stereocenters. The van der Waals surface area contributed by atoms with Crippen molar-refractivity contribution in [2.45, 2.75) is 44.6 Å². The lowest BCUT2D eigenvalue weighted by molar-refractivity contribution is -0.137. The van der Waals surface area contributed by atoms with Crippen LogP contribution in [0.1, 0.15) is 54.7 Å². The average molecular weight is 410 g/mol. The van der Waals surface area contributed by atoms with Gasteiger partial charge in [-0.15, -0.1) is 0 Å². The Morgan fingerprint density at radius 3 is 2.83 bits per heavy atom. The van der Waals surface area contributed by atoms with E-state index in [1.54, 1.807) is 6.21 Å². The van der Waals surface area contributed by atoms with Crippen molar-refractivity contribution in [2.24, 2.45) is 5.92 Å². The van der Waals surface area contributed by atoms with Crippen molar-refractivity contribution < 1.29 is 24.8 Å². The highest BCUT2D eigenvalue weighted by Gasteiger charge is 2.26. The van der Waals surface area contributed by atoms with Crippen LogP contribution in [0.2, 0.25) is 0 Å². The van der Waals surface area contributed by atoms with E-state index >= 15 is 0 Å². The van der Waals surface area contributed by atoms with Gasteiger partial charge < -0.3 is 19.9 Å². The molecule has 0 saturated heterocycles. The monoisotopic (exact) mass is 409 g/mol. The van der Waals surface area contributed by atoms with Crippen LogP contribution < -0.4 is 20.2 Å². The molecule has 1 aliphatic carbocycles. The fraction of sp³-hybridized carbons (Fsp3) is 0.417. The zero-order valence-electron chi connectivity index (χ0n) is 17.1. The molecule has 2 aromatic carbocycles. The zero-order valence-corrected chi connectivity index (χ0v) is 17.1. The molecule has 2 aliphatic rings. The number of carboxylic acids is 1. The Balaban J connectivity index is 1.39. The molecular weight excluding hydrogens is 380 g/mol. The van der Waals surface area contributed by atoms with Crippen molar-refractivity contribution in [3.05, 3.63) is 53.1 Å². The SMILES string of the molecule is [NH2+]=Cc1ccc(COc2ccc3c(c2)OCC3CC(=O)O)cc1NCC1CCCC1. The molecule has 30 heavy (non-hydrogen) atoms. The number of nitrogens with one attached hydrogen (secondary N) is 1. The minimum absolute atomic E-state index is 0.0777. The summed E-state index contributed by atoms with van der Waals surface area (Å²) in [5.74, 6) is 1.25. The van der Waals surface area contributed by atoms with Crippen LogP contribution in [0.5, 0.6) is 11.5 Å². The Morgan fingerprint density at radius 1 is 1.23 bits per heavy atom. The van der Waals surface area contributed by atoms with Crippen molar-refractivity contribution >= 4 is 17.9 Å². The van der Waals surface area contributed by atoms with Crippen LogP contribution in [0.15, 0.2) is 36.4 Å². The highest BCUT2D eigenvalue weighted by molar-refractivity contribution is 5.84. The van der Waals surface area contributed by atoms with Crippen LogP contribution in [-0.4, -0.2) is 30.4 Å². The lowest BCUT2D eigenvalue weighted by Gasteiger charge is -2.15. The Labute approximate surface area is 176 Å². The normalized spacial score (nSPS) is 17.9. The molecule has 0 aromatic heterocycles. The molecule has 6 nitrogen and oxygen atoms in total. The number of anilines is 1. The molecule has 2 aromatic rings. The van der Waals surface area contributed by atoms with E-state index in [9.17, 15) is 4.79 Å². The van der Waals surface area contributed by atoms with Gasteiger partial charge in [-0.25, -0.2) is 0 Å². The largest absolute Gasteiger partial charge is 0.492 e. The summed E-state index contributed by atoms with van der Waals surface area (Å²) in [5.41, 5.74) is 4.03. The second-order valence-electron chi connectivity index (χ2n) is 8.21. The molecule has 158 valence electrons. The summed E-state index contributed by atoms with van der Waals surface area (Å²) < 4.78 is 11.6. The van der Waals surface area contributed by atoms with Crippen LogP contribution in [-0.2, 0) is 11.4 Å². The number of hydrogen-bond acceptors (Lipinski definition) is 4. The fourth-order valence-corrected chi connectivity index (χ4v) is 4.35. The molecule has 6 heteroatoms. The molecule has 4 rings (SSSR count). The Hall–Kier alpha value is -3.02. The maximum atomic E-state index is 11.0. The first-order valence-corrected chi connectivity index (χ1v) is 10.7. The third kappa shape index (κ3) is 4.75. The Kier molecular flexibility index (Phi) is 6.21. The molecule has 0 radical (unpaired) electrons. The molecule has 1 fully saturated rings. The molecule has 0 spiro atoms. The molecule has 1 heterocycles. The van der Waals surface area contributed by atoms with Crippen molar-refractivity contribution in [1.29, 1.82) is 0 Å². The lowest BCUT2D eigenvalue weighted by Crippen LogP contribution is -2.30. The van der Waals surface area contributed by atoms with Crippen LogP contribution in [0.4, 0.5) is 5.69 Å².